The van der Waals surface area contributed by atoms with Gasteiger partial charge in [-0.1, -0.05) is 0 Å². The van der Waals surface area contributed by atoms with Gasteiger partial charge in [-0.2, -0.15) is 0 Å². The second-order valence-corrected chi connectivity index (χ2v) is 7.20. The first-order valence-corrected chi connectivity index (χ1v) is 8.68. The lowest BCUT2D eigenvalue weighted by Crippen LogP contribution is -2.21. The van der Waals surface area contributed by atoms with Gasteiger partial charge in [-0.15, -0.1) is 11.3 Å². The number of amides is 1. The average molecular weight is 412 g/mol. The van der Waals surface area contributed by atoms with Crippen LogP contribution in [0, 0.1) is 0 Å². The number of hydrogen-bond donors (Lipinski definition) is 1. The smallest absolute Gasteiger partial charge is 0.244 e. The van der Waals surface area contributed by atoms with Gasteiger partial charge < -0.3 is 19.5 Å². The second kappa shape index (κ2) is 8.75. The normalized spacial score (nSPS) is 10.7. The molecule has 128 valence electrons. The van der Waals surface area contributed by atoms with Gasteiger partial charge in [0.25, 0.3) is 0 Å². The molecule has 5 nitrogen and oxygen atoms in total. The molecule has 1 N–H and O–H groups in total. The largest absolute Gasteiger partial charge is 0.496 e. The lowest BCUT2D eigenvalue weighted by atomic mass is 10.1. The molecule has 0 aliphatic carbocycles. The molecule has 2 rings (SSSR count). The van der Waals surface area contributed by atoms with Gasteiger partial charge in [-0.3, -0.25) is 4.79 Å². The summed E-state index contributed by atoms with van der Waals surface area (Å²) in [6.45, 7) is 0.285. The quantitative estimate of drug-likeness (QED) is 0.702. The summed E-state index contributed by atoms with van der Waals surface area (Å²) >= 11 is 4.95. The summed E-state index contributed by atoms with van der Waals surface area (Å²) in [5, 5.41) is 2.83. The number of halogens is 1. The molecule has 1 amide bonds. The zero-order valence-electron chi connectivity index (χ0n) is 13.6. The third-order valence-corrected chi connectivity index (χ3v) is 4.84. The highest BCUT2D eigenvalue weighted by atomic mass is 79.9. The van der Waals surface area contributed by atoms with Crippen molar-refractivity contribution in [3.63, 3.8) is 0 Å². The van der Waals surface area contributed by atoms with E-state index in [4.69, 9.17) is 14.2 Å². The van der Waals surface area contributed by atoms with Crippen molar-refractivity contribution in [2.75, 3.05) is 21.3 Å². The SMILES string of the molecule is COc1cc(OC)c(CNC(=O)C=Cc2ccc(Br)s2)c(OC)c1. The third-order valence-electron chi connectivity index (χ3n) is 3.25. The van der Waals surface area contributed by atoms with Crippen LogP contribution in [-0.4, -0.2) is 27.2 Å². The van der Waals surface area contributed by atoms with Crippen LogP contribution >= 0.6 is 27.3 Å². The fourth-order valence-electron chi connectivity index (χ4n) is 2.06. The van der Waals surface area contributed by atoms with Gasteiger partial charge in [0, 0.05) is 23.1 Å². The van der Waals surface area contributed by atoms with Gasteiger partial charge in [-0.25, -0.2) is 0 Å². The number of methoxy groups -OCH3 is 3. The van der Waals surface area contributed by atoms with Gasteiger partial charge in [-0.05, 0) is 34.1 Å². The summed E-state index contributed by atoms with van der Waals surface area (Å²) in [5.41, 5.74) is 0.751. The summed E-state index contributed by atoms with van der Waals surface area (Å²) in [7, 11) is 4.70. The van der Waals surface area contributed by atoms with Gasteiger partial charge in [0.2, 0.25) is 5.91 Å². The molecule has 0 saturated carbocycles. The molecular formula is C17H18BrNO4S. The molecule has 0 radical (unpaired) electrons. The minimum atomic E-state index is -0.195. The Morgan fingerprint density at radius 1 is 1.17 bits per heavy atom. The van der Waals surface area contributed by atoms with Crippen LogP contribution in [0.15, 0.2) is 34.1 Å². The monoisotopic (exact) mass is 411 g/mol. The predicted octanol–water partition coefficient (Wildman–Crippen LogP) is 3.87. The van der Waals surface area contributed by atoms with Crippen molar-refractivity contribution in [2.24, 2.45) is 0 Å². The van der Waals surface area contributed by atoms with Crippen LogP contribution in [0.1, 0.15) is 10.4 Å². The highest BCUT2D eigenvalue weighted by Gasteiger charge is 2.13. The number of carbonyl (C=O) groups is 1. The van der Waals surface area contributed by atoms with Crippen molar-refractivity contribution >= 4 is 39.2 Å². The van der Waals surface area contributed by atoms with Crippen LogP contribution in [0.2, 0.25) is 0 Å². The van der Waals surface area contributed by atoms with E-state index in [0.29, 0.717) is 17.2 Å². The lowest BCUT2D eigenvalue weighted by Gasteiger charge is -2.15. The number of nitrogens with one attached hydrogen (secondary N) is 1. The van der Waals surface area contributed by atoms with E-state index in [0.717, 1.165) is 14.2 Å². The molecule has 0 atom stereocenters. The van der Waals surface area contributed by atoms with Crippen molar-refractivity contribution in [3.8, 4) is 17.2 Å². The Morgan fingerprint density at radius 3 is 2.33 bits per heavy atom. The Balaban J connectivity index is 2.07. The minimum absolute atomic E-state index is 0.195. The first-order chi connectivity index (χ1) is 11.6. The van der Waals surface area contributed by atoms with Gasteiger partial charge in [0.15, 0.2) is 0 Å². The fourth-order valence-corrected chi connectivity index (χ4v) is 3.39. The summed E-state index contributed by atoms with van der Waals surface area (Å²) in [6.07, 6.45) is 3.27. The van der Waals surface area contributed by atoms with E-state index in [9.17, 15) is 4.79 Å². The Bertz CT molecular complexity index is 717. The molecule has 1 aromatic heterocycles. The molecule has 0 bridgehead atoms. The number of carbonyl (C=O) groups excluding carboxylic acids is 1. The van der Waals surface area contributed by atoms with Crippen LogP contribution in [0.25, 0.3) is 6.08 Å². The van der Waals surface area contributed by atoms with Crippen LogP contribution in [-0.2, 0) is 11.3 Å². The molecule has 7 heteroatoms. The summed E-state index contributed by atoms with van der Waals surface area (Å²) in [5.74, 6) is 1.62. The van der Waals surface area contributed by atoms with E-state index < -0.39 is 0 Å². The highest BCUT2D eigenvalue weighted by Crippen LogP contribution is 2.33. The number of benzene rings is 1. The maximum absolute atomic E-state index is 12.0. The van der Waals surface area contributed by atoms with E-state index in [1.165, 1.54) is 6.08 Å². The van der Waals surface area contributed by atoms with Crippen LogP contribution < -0.4 is 19.5 Å². The zero-order chi connectivity index (χ0) is 17.5. The van der Waals surface area contributed by atoms with Gasteiger partial charge >= 0.3 is 0 Å². The number of ether oxygens (including phenoxy) is 3. The molecule has 0 fully saturated rings. The maximum atomic E-state index is 12.0. The Hall–Kier alpha value is -1.99. The molecule has 0 unspecified atom stereocenters. The van der Waals surface area contributed by atoms with Crippen molar-refractivity contribution < 1.29 is 19.0 Å². The Morgan fingerprint density at radius 2 is 1.83 bits per heavy atom. The van der Waals surface area contributed by atoms with Gasteiger partial charge in [0.1, 0.15) is 17.2 Å². The maximum Gasteiger partial charge on any atom is 0.244 e. The van der Waals surface area contributed by atoms with E-state index in [-0.39, 0.29) is 12.5 Å². The van der Waals surface area contributed by atoms with Crippen LogP contribution in [0.4, 0.5) is 0 Å². The number of rotatable bonds is 7. The van der Waals surface area contributed by atoms with Crippen molar-refractivity contribution in [2.45, 2.75) is 6.54 Å². The van der Waals surface area contributed by atoms with Crippen molar-refractivity contribution in [3.05, 3.63) is 44.6 Å². The highest BCUT2D eigenvalue weighted by molar-refractivity contribution is 9.11. The molecule has 0 spiro atoms. The summed E-state index contributed by atoms with van der Waals surface area (Å²) in [4.78, 5) is 13.0. The zero-order valence-corrected chi connectivity index (χ0v) is 16.0. The minimum Gasteiger partial charge on any atom is -0.496 e. The Labute approximate surface area is 153 Å². The number of hydrogen-bond acceptors (Lipinski definition) is 5. The molecular weight excluding hydrogens is 394 g/mol. The fraction of sp³-hybridized carbons (Fsp3) is 0.235. The molecule has 0 aliphatic rings. The average Bonchev–Trinajstić information content (AvgIpc) is 3.02. The predicted molar refractivity (Wildman–Crippen MR) is 99.0 cm³/mol. The van der Waals surface area contributed by atoms with E-state index in [1.54, 1.807) is 50.9 Å². The molecule has 1 aromatic carbocycles. The van der Waals surface area contributed by atoms with Crippen LogP contribution in [0.3, 0.4) is 0 Å². The van der Waals surface area contributed by atoms with Gasteiger partial charge in [0.05, 0.1) is 37.2 Å². The van der Waals surface area contributed by atoms with E-state index in [1.807, 2.05) is 12.1 Å². The van der Waals surface area contributed by atoms with E-state index in [2.05, 4.69) is 21.2 Å². The standard InChI is InChI=1S/C17H18BrNO4S/c1-21-11-8-14(22-2)13(15(9-11)23-3)10-19-17(20)7-5-12-4-6-16(18)24-12/h4-9H,10H2,1-3H3,(H,19,20). The van der Waals surface area contributed by atoms with Crippen molar-refractivity contribution in [1.82, 2.24) is 5.32 Å². The Kier molecular flexibility index (Phi) is 6.69. The molecule has 0 saturated heterocycles. The first-order valence-electron chi connectivity index (χ1n) is 7.07. The molecule has 1 heterocycles. The first kappa shape index (κ1) is 18.4. The molecule has 2 aromatic rings. The van der Waals surface area contributed by atoms with Crippen molar-refractivity contribution in [1.29, 1.82) is 0 Å². The number of thiophene rings is 1. The molecule has 24 heavy (non-hydrogen) atoms. The summed E-state index contributed by atoms with van der Waals surface area (Å²) in [6, 6.07) is 7.38. The van der Waals surface area contributed by atoms with Crippen LogP contribution in [0.5, 0.6) is 17.2 Å². The third kappa shape index (κ3) is 4.75. The lowest BCUT2D eigenvalue weighted by molar-refractivity contribution is -0.116. The topological polar surface area (TPSA) is 56.8 Å². The van der Waals surface area contributed by atoms with E-state index >= 15 is 0 Å². The molecule has 0 aliphatic heterocycles. The second-order valence-electron chi connectivity index (χ2n) is 4.70. The summed E-state index contributed by atoms with van der Waals surface area (Å²) < 4.78 is 17.0.